The quantitative estimate of drug-likeness (QED) is 0.788. The molecule has 2 rings (SSSR count). The summed E-state index contributed by atoms with van der Waals surface area (Å²) in [5.41, 5.74) is 1.01. The van der Waals surface area contributed by atoms with Crippen LogP contribution in [0.5, 0.6) is 5.75 Å². The van der Waals surface area contributed by atoms with Crippen molar-refractivity contribution in [3.8, 4) is 17.1 Å². The summed E-state index contributed by atoms with van der Waals surface area (Å²) in [5.74, 6) is 2.68. The van der Waals surface area contributed by atoms with E-state index in [0.717, 1.165) is 46.7 Å². The summed E-state index contributed by atoms with van der Waals surface area (Å²) in [5, 5.41) is 3.47. The van der Waals surface area contributed by atoms with Gasteiger partial charge in [0.2, 0.25) is 0 Å². The summed E-state index contributed by atoms with van der Waals surface area (Å²) in [4.78, 5) is 0. The molecule has 0 bridgehead atoms. The van der Waals surface area contributed by atoms with Crippen molar-refractivity contribution in [1.82, 2.24) is 5.32 Å². The molecule has 114 valence electrons. The lowest BCUT2D eigenvalue weighted by molar-refractivity contribution is 0.414. The van der Waals surface area contributed by atoms with E-state index in [1.54, 1.807) is 7.11 Å². The molecular weight excluding hydrogens is 330 g/mol. The van der Waals surface area contributed by atoms with Gasteiger partial charge in [-0.05, 0) is 50.2 Å². The molecule has 0 aliphatic heterocycles. The normalized spacial score (nSPS) is 12.4. The van der Waals surface area contributed by atoms with Crippen LogP contribution in [0, 0.1) is 0 Å². The molecule has 21 heavy (non-hydrogen) atoms. The number of hydrogen-bond donors (Lipinski definition) is 1. The van der Waals surface area contributed by atoms with Gasteiger partial charge in [0.15, 0.2) is 0 Å². The molecule has 0 fully saturated rings. The van der Waals surface area contributed by atoms with Gasteiger partial charge in [-0.3, -0.25) is 0 Å². The van der Waals surface area contributed by atoms with Gasteiger partial charge in [-0.15, -0.1) is 0 Å². The van der Waals surface area contributed by atoms with E-state index in [0.29, 0.717) is 6.04 Å². The lowest BCUT2D eigenvalue weighted by Crippen LogP contribution is -2.28. The molecule has 4 heteroatoms. The fourth-order valence-electron chi connectivity index (χ4n) is 2.22. The van der Waals surface area contributed by atoms with Gasteiger partial charge in [0, 0.05) is 22.5 Å². The lowest BCUT2D eigenvalue weighted by Gasteiger charge is -2.11. The Hall–Kier alpha value is -1.26. The average molecular weight is 352 g/mol. The largest absolute Gasteiger partial charge is 0.497 e. The van der Waals surface area contributed by atoms with Crippen molar-refractivity contribution < 1.29 is 9.15 Å². The van der Waals surface area contributed by atoms with Gasteiger partial charge in [0.05, 0.1) is 7.11 Å². The molecule has 0 aliphatic rings. The molecule has 1 unspecified atom stereocenters. The minimum absolute atomic E-state index is 0.415. The zero-order valence-electron chi connectivity index (χ0n) is 12.8. The van der Waals surface area contributed by atoms with Gasteiger partial charge in [0.25, 0.3) is 0 Å². The summed E-state index contributed by atoms with van der Waals surface area (Å²) < 4.78 is 12.3. The zero-order chi connectivity index (χ0) is 15.2. The van der Waals surface area contributed by atoms with Crippen molar-refractivity contribution >= 4 is 15.9 Å². The molecule has 1 heterocycles. The van der Waals surface area contributed by atoms with Crippen LogP contribution in [-0.2, 0) is 6.42 Å². The van der Waals surface area contributed by atoms with E-state index in [1.165, 1.54) is 0 Å². The minimum atomic E-state index is 0.415. The van der Waals surface area contributed by atoms with Crippen LogP contribution in [-0.4, -0.2) is 19.7 Å². The van der Waals surface area contributed by atoms with Crippen molar-refractivity contribution in [2.24, 2.45) is 0 Å². The number of furan rings is 1. The molecule has 0 radical (unpaired) electrons. The first-order valence-corrected chi connectivity index (χ1v) is 8.09. The van der Waals surface area contributed by atoms with E-state index in [-0.39, 0.29) is 0 Å². The zero-order valence-corrected chi connectivity index (χ0v) is 14.4. The highest BCUT2D eigenvalue weighted by atomic mass is 79.9. The summed E-state index contributed by atoms with van der Waals surface area (Å²) in [6.07, 6.45) is 2.03. The van der Waals surface area contributed by atoms with Crippen LogP contribution >= 0.6 is 15.9 Å². The number of rotatable bonds is 7. The Morgan fingerprint density at radius 1 is 1.29 bits per heavy atom. The van der Waals surface area contributed by atoms with E-state index < -0.39 is 0 Å². The smallest absolute Gasteiger partial charge is 0.135 e. The van der Waals surface area contributed by atoms with Gasteiger partial charge < -0.3 is 14.5 Å². The Morgan fingerprint density at radius 2 is 2.10 bits per heavy atom. The van der Waals surface area contributed by atoms with Gasteiger partial charge in [-0.25, -0.2) is 0 Å². The molecule has 0 spiro atoms. The Kier molecular flexibility index (Phi) is 5.88. The molecule has 0 amide bonds. The third kappa shape index (κ3) is 4.35. The standard InChI is InChI=1S/C17H22BrNO2/c1-4-9-19-12(2)10-14-6-8-17(21-14)15-11-13(20-3)5-7-16(15)18/h5-8,11-12,19H,4,9-10H2,1-3H3. The molecule has 3 nitrogen and oxygen atoms in total. The third-order valence-electron chi connectivity index (χ3n) is 3.35. The van der Waals surface area contributed by atoms with Gasteiger partial charge >= 0.3 is 0 Å². The predicted molar refractivity (Wildman–Crippen MR) is 89.9 cm³/mol. The number of nitrogens with one attached hydrogen (secondary N) is 1. The van der Waals surface area contributed by atoms with Gasteiger partial charge in [-0.1, -0.05) is 22.9 Å². The highest BCUT2D eigenvalue weighted by Gasteiger charge is 2.11. The van der Waals surface area contributed by atoms with Crippen molar-refractivity contribution in [3.05, 3.63) is 40.6 Å². The van der Waals surface area contributed by atoms with Crippen LogP contribution in [0.4, 0.5) is 0 Å². The second kappa shape index (κ2) is 7.66. The summed E-state index contributed by atoms with van der Waals surface area (Å²) in [7, 11) is 1.67. The van der Waals surface area contributed by atoms with E-state index in [2.05, 4.69) is 35.1 Å². The average Bonchev–Trinajstić information content (AvgIpc) is 2.94. The maximum Gasteiger partial charge on any atom is 0.135 e. The first kappa shape index (κ1) is 16.1. The number of hydrogen-bond acceptors (Lipinski definition) is 3. The summed E-state index contributed by atoms with van der Waals surface area (Å²) >= 11 is 3.56. The molecular formula is C17H22BrNO2. The minimum Gasteiger partial charge on any atom is -0.497 e. The summed E-state index contributed by atoms with van der Waals surface area (Å²) in [6, 6.07) is 10.4. The van der Waals surface area contributed by atoms with Crippen molar-refractivity contribution in [3.63, 3.8) is 0 Å². The molecule has 1 aromatic heterocycles. The predicted octanol–water partition coefficient (Wildman–Crippen LogP) is 4.65. The fourth-order valence-corrected chi connectivity index (χ4v) is 2.66. The second-order valence-corrected chi connectivity index (χ2v) is 6.03. The van der Waals surface area contributed by atoms with Crippen molar-refractivity contribution in [2.75, 3.05) is 13.7 Å². The molecule has 1 aromatic carbocycles. The Morgan fingerprint density at radius 3 is 2.81 bits per heavy atom. The van der Waals surface area contributed by atoms with E-state index in [1.807, 2.05) is 30.3 Å². The molecule has 0 aliphatic carbocycles. The SMILES string of the molecule is CCCNC(C)Cc1ccc(-c2cc(OC)ccc2Br)o1. The van der Waals surface area contributed by atoms with Crippen LogP contribution in [0.15, 0.2) is 39.2 Å². The molecule has 1 atom stereocenters. The first-order chi connectivity index (χ1) is 10.1. The molecule has 0 saturated heterocycles. The van der Waals surface area contributed by atoms with E-state index in [4.69, 9.17) is 9.15 Å². The number of benzene rings is 1. The first-order valence-electron chi connectivity index (χ1n) is 7.30. The molecule has 0 saturated carbocycles. The third-order valence-corrected chi connectivity index (χ3v) is 4.04. The van der Waals surface area contributed by atoms with E-state index >= 15 is 0 Å². The topological polar surface area (TPSA) is 34.4 Å². The number of methoxy groups -OCH3 is 1. The van der Waals surface area contributed by atoms with Gasteiger partial charge in [0.1, 0.15) is 17.3 Å². The van der Waals surface area contributed by atoms with Gasteiger partial charge in [-0.2, -0.15) is 0 Å². The van der Waals surface area contributed by atoms with Crippen LogP contribution in [0.2, 0.25) is 0 Å². The number of halogens is 1. The van der Waals surface area contributed by atoms with Crippen LogP contribution in [0.3, 0.4) is 0 Å². The van der Waals surface area contributed by atoms with Crippen LogP contribution < -0.4 is 10.1 Å². The van der Waals surface area contributed by atoms with Crippen LogP contribution in [0.1, 0.15) is 26.0 Å². The lowest BCUT2D eigenvalue weighted by atomic mass is 10.1. The summed E-state index contributed by atoms with van der Waals surface area (Å²) in [6.45, 7) is 5.39. The monoisotopic (exact) mass is 351 g/mol. The Bertz CT molecular complexity index is 580. The molecule has 1 N–H and O–H groups in total. The number of ether oxygens (including phenoxy) is 1. The Balaban J connectivity index is 2.12. The van der Waals surface area contributed by atoms with Crippen LogP contribution in [0.25, 0.3) is 11.3 Å². The highest BCUT2D eigenvalue weighted by Crippen LogP contribution is 2.33. The molecule has 2 aromatic rings. The van der Waals surface area contributed by atoms with E-state index in [9.17, 15) is 0 Å². The maximum atomic E-state index is 5.98. The second-order valence-electron chi connectivity index (χ2n) is 5.17. The van der Waals surface area contributed by atoms with Crippen molar-refractivity contribution in [2.45, 2.75) is 32.7 Å². The fraction of sp³-hybridized carbons (Fsp3) is 0.412. The highest BCUT2D eigenvalue weighted by molar-refractivity contribution is 9.10. The maximum absolute atomic E-state index is 5.98. The van der Waals surface area contributed by atoms with Crippen molar-refractivity contribution in [1.29, 1.82) is 0 Å². The Labute approximate surface area is 134 Å².